The first-order valence-corrected chi connectivity index (χ1v) is 5.34. The van der Waals surface area contributed by atoms with Gasteiger partial charge in [-0.1, -0.05) is 15.9 Å². The van der Waals surface area contributed by atoms with Crippen molar-refractivity contribution in [3.63, 3.8) is 0 Å². The van der Waals surface area contributed by atoms with Crippen molar-refractivity contribution in [3.8, 4) is 11.9 Å². The van der Waals surface area contributed by atoms with Crippen LogP contribution >= 0.6 is 15.9 Å². The monoisotopic (exact) mass is 255 g/mol. The zero-order valence-corrected chi connectivity index (χ0v) is 9.36. The molecule has 74 valence electrons. The van der Waals surface area contributed by atoms with Crippen LogP contribution in [0.1, 0.15) is 18.5 Å². The molecule has 0 radical (unpaired) electrons. The highest BCUT2D eigenvalue weighted by Gasteiger charge is 2.11. The number of aromatic nitrogens is 2. The molecule has 1 aromatic heterocycles. The Bertz CT molecular complexity index is 337. The Balaban J connectivity index is 2.88. The van der Waals surface area contributed by atoms with Crippen molar-refractivity contribution in [2.75, 3.05) is 11.9 Å². The largest absolute Gasteiger partial charge is 0.477 e. The molecule has 1 atom stereocenters. The molecule has 0 aromatic carbocycles. The second-order valence-corrected chi connectivity index (χ2v) is 3.20. The third-order valence-electron chi connectivity index (χ3n) is 1.59. The molecule has 0 amide bonds. The maximum atomic E-state index is 8.81. The van der Waals surface area contributed by atoms with Gasteiger partial charge in [0.15, 0.2) is 0 Å². The predicted octanol–water partition coefficient (Wildman–Crippen LogP) is 1.88. The maximum absolute atomic E-state index is 8.81. The maximum Gasteiger partial charge on any atom is 0.232 e. The van der Waals surface area contributed by atoms with Crippen molar-refractivity contribution in [3.05, 3.63) is 18.1 Å². The summed E-state index contributed by atoms with van der Waals surface area (Å²) in [4.78, 5) is 8.13. The van der Waals surface area contributed by atoms with Crippen molar-refractivity contribution >= 4 is 15.9 Å². The van der Waals surface area contributed by atoms with Gasteiger partial charge in [0.25, 0.3) is 0 Å². The highest BCUT2D eigenvalue weighted by atomic mass is 79.9. The zero-order valence-electron chi connectivity index (χ0n) is 7.77. The van der Waals surface area contributed by atoms with Crippen molar-refractivity contribution in [2.45, 2.75) is 12.8 Å². The molecule has 0 N–H and O–H groups in total. The van der Waals surface area contributed by atoms with Crippen molar-refractivity contribution < 1.29 is 4.74 Å². The van der Waals surface area contributed by atoms with Gasteiger partial charge in [0.2, 0.25) is 5.88 Å². The number of ether oxygens (including phenoxy) is 1. The third-order valence-corrected chi connectivity index (χ3v) is 2.24. The summed E-state index contributed by atoms with van der Waals surface area (Å²) in [5.41, 5.74) is 0.635. The Kier molecular flexibility index (Phi) is 4.33. The van der Waals surface area contributed by atoms with Gasteiger partial charge in [0, 0.05) is 5.33 Å². The summed E-state index contributed by atoms with van der Waals surface area (Å²) >= 11 is 3.25. The molecule has 0 spiro atoms. The average molecular weight is 256 g/mol. The smallest absolute Gasteiger partial charge is 0.232 e. The van der Waals surface area contributed by atoms with Gasteiger partial charge in [-0.15, -0.1) is 0 Å². The summed E-state index contributed by atoms with van der Waals surface area (Å²) < 4.78 is 5.19. The van der Waals surface area contributed by atoms with Crippen molar-refractivity contribution in [1.82, 2.24) is 9.97 Å². The number of hydrogen-bond acceptors (Lipinski definition) is 4. The number of rotatable bonds is 4. The quantitative estimate of drug-likeness (QED) is 0.771. The minimum Gasteiger partial charge on any atom is -0.477 e. The molecular formula is C9H10BrN3O. The topological polar surface area (TPSA) is 58.8 Å². The Morgan fingerprint density at radius 1 is 1.64 bits per heavy atom. The Labute approximate surface area is 91.1 Å². The second-order valence-electron chi connectivity index (χ2n) is 2.55. The molecule has 0 fully saturated rings. The van der Waals surface area contributed by atoms with Gasteiger partial charge < -0.3 is 4.74 Å². The highest BCUT2D eigenvalue weighted by molar-refractivity contribution is 9.09. The van der Waals surface area contributed by atoms with E-state index in [2.05, 4.69) is 32.0 Å². The van der Waals surface area contributed by atoms with E-state index >= 15 is 0 Å². The Morgan fingerprint density at radius 3 is 3.00 bits per heavy atom. The molecule has 1 aromatic rings. The van der Waals surface area contributed by atoms with Crippen LogP contribution in [0.15, 0.2) is 12.4 Å². The fourth-order valence-electron chi connectivity index (χ4n) is 0.927. The zero-order chi connectivity index (χ0) is 10.4. The molecule has 5 heteroatoms. The van der Waals surface area contributed by atoms with E-state index in [1.807, 2.05) is 6.92 Å². The van der Waals surface area contributed by atoms with Crippen molar-refractivity contribution in [2.24, 2.45) is 0 Å². The lowest BCUT2D eigenvalue weighted by atomic mass is 10.1. The lowest BCUT2D eigenvalue weighted by molar-refractivity contribution is 0.324. The van der Waals surface area contributed by atoms with Crippen LogP contribution in [0.2, 0.25) is 0 Å². The Hall–Kier alpha value is -1.15. The molecule has 1 rings (SSSR count). The van der Waals surface area contributed by atoms with Gasteiger partial charge in [0.1, 0.15) is 0 Å². The molecule has 1 unspecified atom stereocenters. The number of nitriles is 1. The van der Waals surface area contributed by atoms with Crippen LogP contribution in [-0.2, 0) is 0 Å². The number of hydrogen-bond donors (Lipinski definition) is 0. The molecule has 0 saturated heterocycles. The predicted molar refractivity (Wildman–Crippen MR) is 55.3 cm³/mol. The first kappa shape index (κ1) is 10.9. The first-order valence-electron chi connectivity index (χ1n) is 4.22. The summed E-state index contributed by atoms with van der Waals surface area (Å²) in [6.45, 7) is 2.42. The Morgan fingerprint density at radius 2 is 2.43 bits per heavy atom. The molecular weight excluding hydrogens is 246 g/mol. The SMILES string of the molecule is CCOc1cncc(C(C#N)CBr)n1. The summed E-state index contributed by atoms with van der Waals surface area (Å²) in [5, 5.41) is 9.36. The van der Waals surface area contributed by atoms with Crippen LogP contribution in [0, 0.1) is 11.3 Å². The molecule has 1 heterocycles. The van der Waals surface area contributed by atoms with Crippen LogP contribution < -0.4 is 4.74 Å². The first-order chi connectivity index (χ1) is 6.81. The third kappa shape index (κ3) is 2.67. The molecule has 4 nitrogen and oxygen atoms in total. The van der Waals surface area contributed by atoms with Crippen molar-refractivity contribution in [1.29, 1.82) is 5.26 Å². The standard InChI is InChI=1S/C9H10BrN3O/c1-2-14-9-6-12-5-8(13-9)7(3-10)4-11/h5-7H,2-3H2,1H3. The number of alkyl halides is 1. The number of halogens is 1. The lowest BCUT2D eigenvalue weighted by Crippen LogP contribution is -2.03. The number of nitrogens with zero attached hydrogens (tertiary/aromatic N) is 3. The fraction of sp³-hybridized carbons (Fsp3) is 0.444. The normalized spacial score (nSPS) is 11.8. The molecule has 14 heavy (non-hydrogen) atoms. The molecule has 0 bridgehead atoms. The second kappa shape index (κ2) is 5.55. The highest BCUT2D eigenvalue weighted by Crippen LogP contribution is 2.16. The summed E-state index contributed by atoms with van der Waals surface area (Å²) in [6.07, 6.45) is 3.12. The van der Waals surface area contributed by atoms with E-state index in [1.54, 1.807) is 6.20 Å². The summed E-state index contributed by atoms with van der Waals surface area (Å²) in [5.74, 6) is 0.189. The minimum atomic E-state index is -0.275. The van der Waals surface area contributed by atoms with E-state index in [9.17, 15) is 0 Å². The van der Waals surface area contributed by atoms with Gasteiger partial charge >= 0.3 is 0 Å². The van der Waals surface area contributed by atoms with Crippen LogP contribution in [0.25, 0.3) is 0 Å². The van der Waals surface area contributed by atoms with E-state index in [0.29, 0.717) is 23.5 Å². The van der Waals surface area contributed by atoms with Gasteiger partial charge in [-0.25, -0.2) is 4.98 Å². The average Bonchev–Trinajstić information content (AvgIpc) is 2.21. The fourth-order valence-corrected chi connectivity index (χ4v) is 1.40. The van der Waals surface area contributed by atoms with E-state index in [4.69, 9.17) is 10.00 Å². The lowest BCUT2D eigenvalue weighted by Gasteiger charge is -2.06. The van der Waals surface area contributed by atoms with Gasteiger partial charge in [-0.2, -0.15) is 5.26 Å². The van der Waals surface area contributed by atoms with Crippen LogP contribution in [0.5, 0.6) is 5.88 Å². The van der Waals surface area contributed by atoms with E-state index in [1.165, 1.54) is 6.20 Å². The molecule has 0 aliphatic heterocycles. The van der Waals surface area contributed by atoms with Crippen LogP contribution in [-0.4, -0.2) is 21.9 Å². The van der Waals surface area contributed by atoms with Gasteiger partial charge in [-0.05, 0) is 6.92 Å². The molecule has 0 saturated carbocycles. The van der Waals surface area contributed by atoms with E-state index < -0.39 is 0 Å². The minimum absolute atomic E-state index is 0.275. The van der Waals surface area contributed by atoms with Gasteiger partial charge in [0.05, 0.1) is 36.7 Å². The van der Waals surface area contributed by atoms with E-state index in [0.717, 1.165) is 0 Å². The van der Waals surface area contributed by atoms with E-state index in [-0.39, 0.29) is 5.92 Å². The summed E-state index contributed by atoms with van der Waals surface area (Å²) in [6, 6.07) is 2.13. The van der Waals surface area contributed by atoms with Crippen LogP contribution in [0.4, 0.5) is 0 Å². The molecule has 0 aliphatic carbocycles. The van der Waals surface area contributed by atoms with Gasteiger partial charge in [-0.3, -0.25) is 4.98 Å². The molecule has 0 aliphatic rings. The van der Waals surface area contributed by atoms with Crippen LogP contribution in [0.3, 0.4) is 0 Å². The summed E-state index contributed by atoms with van der Waals surface area (Å²) in [7, 11) is 0.